The molecular weight excluding hydrogens is 438 g/mol. The minimum Gasteiger partial charge on any atom is -0.387 e. The molecule has 1 aliphatic heterocycles. The standard InChI is InChI=1S/C29H35N3O3/c1-19-5-9-24(10-6-19)25-11-26(28(33)18-32-16-21(3)35-22(4)17-32)13-27(12-25)29(34)31-15-23-8-7-20(2)30-14-23/h5-14,21-22,28,33H,15-18H2,1-4H3,(H,31,34). The molecule has 35 heavy (non-hydrogen) atoms. The average molecular weight is 474 g/mol. The largest absolute Gasteiger partial charge is 0.387 e. The van der Waals surface area contributed by atoms with E-state index in [0.717, 1.165) is 41.0 Å². The SMILES string of the molecule is Cc1ccc(-c2cc(C(=O)NCc3ccc(C)nc3)cc(C(O)CN3CC(C)OC(C)C3)c2)cc1. The highest BCUT2D eigenvalue weighted by atomic mass is 16.5. The van der Waals surface area contributed by atoms with Gasteiger partial charge in [-0.05, 0) is 74.2 Å². The molecule has 0 bridgehead atoms. The quantitative estimate of drug-likeness (QED) is 0.531. The van der Waals surface area contributed by atoms with Crippen LogP contribution in [0.1, 0.15) is 52.7 Å². The van der Waals surface area contributed by atoms with E-state index in [0.29, 0.717) is 18.7 Å². The van der Waals surface area contributed by atoms with E-state index in [2.05, 4.69) is 41.2 Å². The van der Waals surface area contributed by atoms with E-state index in [-0.39, 0.29) is 18.1 Å². The summed E-state index contributed by atoms with van der Waals surface area (Å²) in [7, 11) is 0. The summed E-state index contributed by atoms with van der Waals surface area (Å²) < 4.78 is 5.83. The summed E-state index contributed by atoms with van der Waals surface area (Å²) in [6.45, 7) is 10.5. The molecule has 0 aliphatic carbocycles. The molecule has 3 aromatic rings. The maximum atomic E-state index is 13.1. The van der Waals surface area contributed by atoms with Gasteiger partial charge in [-0.15, -0.1) is 0 Å². The number of aliphatic hydroxyl groups is 1. The van der Waals surface area contributed by atoms with Crippen LogP contribution >= 0.6 is 0 Å². The lowest BCUT2D eigenvalue weighted by Crippen LogP contribution is -2.46. The van der Waals surface area contributed by atoms with E-state index in [4.69, 9.17) is 4.74 Å². The topological polar surface area (TPSA) is 74.7 Å². The number of β-amino-alcohol motifs (C(OH)–C–C–N with tert-alkyl or cyclic N) is 1. The summed E-state index contributed by atoms with van der Waals surface area (Å²) in [6, 6.07) is 17.8. The van der Waals surface area contributed by atoms with Crippen molar-refractivity contribution in [3.63, 3.8) is 0 Å². The molecule has 6 heteroatoms. The van der Waals surface area contributed by atoms with Gasteiger partial charge in [-0.25, -0.2) is 0 Å². The molecule has 0 spiro atoms. The zero-order valence-corrected chi connectivity index (χ0v) is 21.0. The number of morpholine rings is 1. The summed E-state index contributed by atoms with van der Waals surface area (Å²) in [5.41, 5.74) is 6.23. The molecule has 184 valence electrons. The van der Waals surface area contributed by atoms with Crippen LogP contribution in [0.2, 0.25) is 0 Å². The molecule has 2 aromatic carbocycles. The van der Waals surface area contributed by atoms with Gasteiger partial charge in [-0.3, -0.25) is 14.7 Å². The van der Waals surface area contributed by atoms with Crippen LogP contribution in [0.3, 0.4) is 0 Å². The summed E-state index contributed by atoms with van der Waals surface area (Å²) in [4.78, 5) is 19.7. The van der Waals surface area contributed by atoms with E-state index >= 15 is 0 Å². The first-order valence-corrected chi connectivity index (χ1v) is 12.2. The Morgan fingerprint density at radius 3 is 2.43 bits per heavy atom. The van der Waals surface area contributed by atoms with Gasteiger partial charge in [0.2, 0.25) is 0 Å². The summed E-state index contributed by atoms with van der Waals surface area (Å²) in [5, 5.41) is 14.2. The van der Waals surface area contributed by atoms with Gasteiger partial charge >= 0.3 is 0 Å². The van der Waals surface area contributed by atoms with Crippen LogP contribution in [0.25, 0.3) is 11.1 Å². The Kier molecular flexibility index (Phi) is 7.96. The molecule has 4 rings (SSSR count). The van der Waals surface area contributed by atoms with E-state index < -0.39 is 6.10 Å². The van der Waals surface area contributed by atoms with Gasteiger partial charge in [0.25, 0.3) is 5.91 Å². The number of aromatic nitrogens is 1. The summed E-state index contributed by atoms with van der Waals surface area (Å²) in [6.07, 6.45) is 1.31. The van der Waals surface area contributed by atoms with Crippen molar-refractivity contribution in [3.05, 3.63) is 88.7 Å². The minimum atomic E-state index is -0.717. The number of aryl methyl sites for hydroxylation is 2. The van der Waals surface area contributed by atoms with Crippen LogP contribution in [0.5, 0.6) is 0 Å². The van der Waals surface area contributed by atoms with E-state index in [9.17, 15) is 9.90 Å². The van der Waals surface area contributed by atoms with Crippen LogP contribution in [-0.4, -0.2) is 52.7 Å². The van der Waals surface area contributed by atoms with Crippen LogP contribution in [0.15, 0.2) is 60.8 Å². The van der Waals surface area contributed by atoms with Crippen molar-refractivity contribution in [3.8, 4) is 11.1 Å². The molecule has 0 radical (unpaired) electrons. The van der Waals surface area contributed by atoms with Crippen LogP contribution in [-0.2, 0) is 11.3 Å². The number of benzene rings is 2. The molecule has 1 amide bonds. The molecule has 3 atom stereocenters. The highest BCUT2D eigenvalue weighted by Gasteiger charge is 2.25. The number of rotatable bonds is 7. The fourth-order valence-electron chi connectivity index (χ4n) is 4.56. The molecular formula is C29H35N3O3. The lowest BCUT2D eigenvalue weighted by molar-refractivity contribution is -0.0767. The zero-order chi connectivity index (χ0) is 24.9. The van der Waals surface area contributed by atoms with Gasteiger partial charge in [-0.2, -0.15) is 0 Å². The Labute approximate surface area is 208 Å². The number of carbonyl (C=O) groups is 1. The molecule has 1 fully saturated rings. The number of hydrogen-bond acceptors (Lipinski definition) is 5. The molecule has 3 unspecified atom stereocenters. The second-order valence-corrected chi connectivity index (χ2v) is 9.69. The third-order valence-corrected chi connectivity index (χ3v) is 6.34. The first-order chi connectivity index (χ1) is 16.8. The molecule has 1 aliphatic rings. The smallest absolute Gasteiger partial charge is 0.251 e. The second kappa shape index (κ2) is 11.1. The van der Waals surface area contributed by atoms with Crippen LogP contribution in [0.4, 0.5) is 0 Å². The van der Waals surface area contributed by atoms with E-state index in [1.807, 2.05) is 50.2 Å². The molecule has 1 aromatic heterocycles. The number of ether oxygens (including phenoxy) is 1. The van der Waals surface area contributed by atoms with Crippen molar-refractivity contribution >= 4 is 5.91 Å². The number of aliphatic hydroxyl groups excluding tert-OH is 1. The molecule has 0 saturated carbocycles. The van der Waals surface area contributed by atoms with Crippen LogP contribution in [0, 0.1) is 13.8 Å². The Bertz CT molecular complexity index is 1130. The fraction of sp³-hybridized carbons (Fsp3) is 0.379. The Morgan fingerprint density at radius 1 is 1.06 bits per heavy atom. The number of amides is 1. The highest BCUT2D eigenvalue weighted by Crippen LogP contribution is 2.27. The van der Waals surface area contributed by atoms with E-state index in [1.165, 1.54) is 5.56 Å². The monoisotopic (exact) mass is 473 g/mol. The van der Waals surface area contributed by atoms with Gasteiger partial charge in [-0.1, -0.05) is 35.9 Å². The van der Waals surface area contributed by atoms with Crippen molar-refractivity contribution in [1.29, 1.82) is 0 Å². The van der Waals surface area contributed by atoms with Gasteiger partial charge < -0.3 is 15.2 Å². The number of nitrogens with zero attached hydrogens (tertiary/aromatic N) is 2. The third kappa shape index (κ3) is 6.75. The molecule has 6 nitrogen and oxygen atoms in total. The number of hydrogen-bond donors (Lipinski definition) is 2. The number of pyridine rings is 1. The summed E-state index contributed by atoms with van der Waals surface area (Å²) >= 11 is 0. The number of nitrogens with one attached hydrogen (secondary N) is 1. The predicted molar refractivity (Wildman–Crippen MR) is 138 cm³/mol. The molecule has 1 saturated heterocycles. The first kappa shape index (κ1) is 25.0. The van der Waals surface area contributed by atoms with Gasteiger partial charge in [0.1, 0.15) is 0 Å². The zero-order valence-electron chi connectivity index (χ0n) is 21.0. The minimum absolute atomic E-state index is 0.127. The van der Waals surface area contributed by atoms with Crippen LogP contribution < -0.4 is 5.32 Å². The van der Waals surface area contributed by atoms with E-state index in [1.54, 1.807) is 12.3 Å². The maximum absolute atomic E-state index is 13.1. The Hall–Kier alpha value is -3.06. The van der Waals surface area contributed by atoms with Gasteiger partial charge in [0.05, 0.1) is 18.3 Å². The van der Waals surface area contributed by atoms with Gasteiger partial charge in [0, 0.05) is 43.6 Å². The Balaban J connectivity index is 1.58. The first-order valence-electron chi connectivity index (χ1n) is 12.2. The second-order valence-electron chi connectivity index (χ2n) is 9.69. The normalized spacial score (nSPS) is 19.3. The van der Waals surface area contributed by atoms with Crippen molar-refractivity contribution in [2.24, 2.45) is 0 Å². The lowest BCUT2D eigenvalue weighted by atomic mass is 9.96. The third-order valence-electron chi connectivity index (χ3n) is 6.34. The average Bonchev–Trinajstić information content (AvgIpc) is 2.83. The number of carbonyl (C=O) groups excluding carboxylic acids is 1. The maximum Gasteiger partial charge on any atom is 0.251 e. The lowest BCUT2D eigenvalue weighted by Gasteiger charge is -2.36. The van der Waals surface area contributed by atoms with Crippen molar-refractivity contribution < 1.29 is 14.6 Å². The fourth-order valence-corrected chi connectivity index (χ4v) is 4.56. The highest BCUT2D eigenvalue weighted by molar-refractivity contribution is 5.95. The van der Waals surface area contributed by atoms with Crippen molar-refractivity contribution in [2.45, 2.75) is 52.6 Å². The van der Waals surface area contributed by atoms with Gasteiger partial charge in [0.15, 0.2) is 0 Å². The predicted octanol–water partition coefficient (Wildman–Crippen LogP) is 4.44. The Morgan fingerprint density at radius 2 is 1.77 bits per heavy atom. The molecule has 2 heterocycles. The van der Waals surface area contributed by atoms with Crippen molar-refractivity contribution in [2.75, 3.05) is 19.6 Å². The summed E-state index contributed by atoms with van der Waals surface area (Å²) in [5.74, 6) is -0.179. The molecule has 2 N–H and O–H groups in total. The van der Waals surface area contributed by atoms with Crippen molar-refractivity contribution in [1.82, 2.24) is 15.2 Å².